The molecule has 9 nitrogen and oxygen atoms in total. The number of nitrogens with one attached hydrogen (secondary N) is 3. The summed E-state index contributed by atoms with van der Waals surface area (Å²) in [6.07, 6.45) is -1.69. The standard InChI is InChI=1S/C9H21N3O6/c13-1-4-16-7-10-8(17-5-2-14)12-9(11-7)18-6-3-15/h7-15H,1-6H2. The van der Waals surface area contributed by atoms with Crippen LogP contribution in [0.3, 0.4) is 0 Å². The lowest BCUT2D eigenvalue weighted by atomic mass is 10.6. The van der Waals surface area contributed by atoms with Gasteiger partial charge in [-0.1, -0.05) is 0 Å². The normalized spacial score (nSPS) is 28.5. The average Bonchev–Trinajstić information content (AvgIpc) is 2.40. The fourth-order valence-electron chi connectivity index (χ4n) is 1.36. The summed E-state index contributed by atoms with van der Waals surface area (Å²) in [4.78, 5) is 0. The first-order valence-electron chi connectivity index (χ1n) is 5.75. The molecule has 0 aromatic carbocycles. The van der Waals surface area contributed by atoms with Crippen LogP contribution in [-0.2, 0) is 14.2 Å². The van der Waals surface area contributed by atoms with Gasteiger partial charge in [0.25, 0.3) is 0 Å². The van der Waals surface area contributed by atoms with Gasteiger partial charge in [-0.15, -0.1) is 0 Å². The van der Waals surface area contributed by atoms with Crippen LogP contribution < -0.4 is 16.0 Å². The minimum absolute atomic E-state index is 0.0996. The van der Waals surface area contributed by atoms with Crippen LogP contribution in [0.1, 0.15) is 0 Å². The first-order valence-corrected chi connectivity index (χ1v) is 5.75. The average molecular weight is 267 g/mol. The predicted octanol–water partition coefficient (Wildman–Crippen LogP) is -3.35. The number of aliphatic hydroxyl groups is 3. The highest BCUT2D eigenvalue weighted by Crippen LogP contribution is 1.99. The summed E-state index contributed by atoms with van der Waals surface area (Å²) < 4.78 is 15.8. The number of aliphatic hydroxyl groups excluding tert-OH is 3. The van der Waals surface area contributed by atoms with E-state index in [1.165, 1.54) is 0 Å². The lowest BCUT2D eigenvalue weighted by molar-refractivity contribution is -0.168. The summed E-state index contributed by atoms with van der Waals surface area (Å²) in [6.45, 7) is 0.172. The fourth-order valence-corrected chi connectivity index (χ4v) is 1.36. The van der Waals surface area contributed by atoms with Gasteiger partial charge in [0.1, 0.15) is 0 Å². The molecule has 1 saturated heterocycles. The van der Waals surface area contributed by atoms with Crippen molar-refractivity contribution >= 4 is 0 Å². The molecule has 1 fully saturated rings. The Morgan fingerprint density at radius 3 is 1.11 bits per heavy atom. The molecule has 0 aliphatic carbocycles. The Bertz CT molecular complexity index is 171. The smallest absolute Gasteiger partial charge is 0.169 e. The van der Waals surface area contributed by atoms with Crippen molar-refractivity contribution in [3.05, 3.63) is 0 Å². The summed E-state index contributed by atoms with van der Waals surface area (Å²) >= 11 is 0. The monoisotopic (exact) mass is 267 g/mol. The zero-order valence-corrected chi connectivity index (χ0v) is 10.0. The molecule has 6 N–H and O–H groups in total. The quantitative estimate of drug-likeness (QED) is 0.254. The lowest BCUT2D eigenvalue weighted by Gasteiger charge is -2.37. The molecule has 0 atom stereocenters. The molecule has 0 aromatic rings. The van der Waals surface area contributed by atoms with Crippen LogP contribution in [0.2, 0.25) is 0 Å². The number of ether oxygens (including phenoxy) is 3. The Morgan fingerprint density at radius 1 is 0.611 bits per heavy atom. The van der Waals surface area contributed by atoms with Crippen LogP contribution in [0.15, 0.2) is 0 Å². The van der Waals surface area contributed by atoms with Gasteiger partial charge in [-0.3, -0.25) is 0 Å². The highest BCUT2D eigenvalue weighted by atomic mass is 16.6. The van der Waals surface area contributed by atoms with E-state index in [1.807, 2.05) is 0 Å². The van der Waals surface area contributed by atoms with Crippen molar-refractivity contribution in [2.24, 2.45) is 0 Å². The molecule has 1 aliphatic rings. The Hall–Kier alpha value is -0.360. The lowest BCUT2D eigenvalue weighted by Crippen LogP contribution is -2.69. The van der Waals surface area contributed by atoms with Crippen molar-refractivity contribution in [3.63, 3.8) is 0 Å². The first-order chi connectivity index (χ1) is 8.80. The minimum atomic E-state index is -0.564. The van der Waals surface area contributed by atoms with Gasteiger partial charge in [0.05, 0.1) is 39.6 Å². The number of rotatable bonds is 9. The second-order valence-corrected chi connectivity index (χ2v) is 3.42. The minimum Gasteiger partial charge on any atom is -0.394 e. The van der Waals surface area contributed by atoms with Gasteiger partial charge in [-0.2, -0.15) is 0 Å². The molecule has 108 valence electrons. The topological polar surface area (TPSA) is 124 Å². The van der Waals surface area contributed by atoms with Crippen molar-refractivity contribution < 1.29 is 29.5 Å². The number of hydrogen-bond donors (Lipinski definition) is 6. The van der Waals surface area contributed by atoms with E-state index in [9.17, 15) is 0 Å². The Labute approximate surface area is 105 Å². The van der Waals surface area contributed by atoms with Gasteiger partial charge >= 0.3 is 0 Å². The van der Waals surface area contributed by atoms with E-state index in [0.717, 1.165) is 0 Å². The van der Waals surface area contributed by atoms with Gasteiger partial charge in [-0.05, 0) is 0 Å². The molecular formula is C9H21N3O6. The van der Waals surface area contributed by atoms with Crippen LogP contribution >= 0.6 is 0 Å². The molecule has 0 saturated carbocycles. The molecule has 18 heavy (non-hydrogen) atoms. The van der Waals surface area contributed by atoms with E-state index in [4.69, 9.17) is 29.5 Å². The van der Waals surface area contributed by atoms with Crippen LogP contribution in [-0.4, -0.2) is 74.0 Å². The summed E-state index contributed by atoms with van der Waals surface area (Å²) in [6, 6.07) is 0. The molecular weight excluding hydrogens is 246 g/mol. The molecule has 1 heterocycles. The molecule has 1 aliphatic heterocycles. The van der Waals surface area contributed by atoms with Crippen molar-refractivity contribution in [2.45, 2.75) is 19.1 Å². The SMILES string of the molecule is OCCOC1NC(OCCO)NC(OCCO)N1. The van der Waals surface area contributed by atoms with Crippen molar-refractivity contribution in [3.8, 4) is 0 Å². The fraction of sp³-hybridized carbons (Fsp3) is 1.00. The Kier molecular flexibility index (Phi) is 8.33. The third-order valence-corrected chi connectivity index (χ3v) is 2.04. The van der Waals surface area contributed by atoms with E-state index in [1.54, 1.807) is 0 Å². The van der Waals surface area contributed by atoms with Gasteiger partial charge in [0, 0.05) is 0 Å². The van der Waals surface area contributed by atoms with Gasteiger partial charge < -0.3 is 29.5 Å². The van der Waals surface area contributed by atoms with E-state index >= 15 is 0 Å². The predicted molar refractivity (Wildman–Crippen MR) is 59.9 cm³/mol. The third-order valence-electron chi connectivity index (χ3n) is 2.04. The van der Waals surface area contributed by atoms with Crippen molar-refractivity contribution in [2.75, 3.05) is 39.6 Å². The van der Waals surface area contributed by atoms with Crippen LogP contribution in [0.4, 0.5) is 0 Å². The van der Waals surface area contributed by atoms with Gasteiger partial charge in [-0.25, -0.2) is 16.0 Å². The highest BCUT2D eigenvalue weighted by Gasteiger charge is 2.27. The molecule has 0 unspecified atom stereocenters. The van der Waals surface area contributed by atoms with E-state index in [0.29, 0.717) is 0 Å². The molecule has 0 amide bonds. The summed E-state index contributed by atoms with van der Waals surface area (Å²) in [5, 5.41) is 34.8. The first kappa shape index (κ1) is 15.7. The summed E-state index contributed by atoms with van der Waals surface area (Å²) in [7, 11) is 0. The summed E-state index contributed by atoms with van der Waals surface area (Å²) in [5.74, 6) is 0. The molecule has 0 spiro atoms. The largest absolute Gasteiger partial charge is 0.394 e. The van der Waals surface area contributed by atoms with Crippen LogP contribution in [0, 0.1) is 0 Å². The zero-order chi connectivity index (χ0) is 13.2. The van der Waals surface area contributed by atoms with Crippen LogP contribution in [0.5, 0.6) is 0 Å². The molecule has 0 aromatic heterocycles. The number of hydrogen-bond acceptors (Lipinski definition) is 9. The third kappa shape index (κ3) is 6.00. The highest BCUT2D eigenvalue weighted by molar-refractivity contribution is 4.69. The van der Waals surface area contributed by atoms with Crippen LogP contribution in [0.25, 0.3) is 0 Å². The maximum atomic E-state index is 8.69. The molecule has 0 radical (unpaired) electrons. The van der Waals surface area contributed by atoms with Crippen molar-refractivity contribution in [1.82, 2.24) is 16.0 Å². The van der Waals surface area contributed by atoms with E-state index < -0.39 is 19.1 Å². The summed E-state index contributed by atoms with van der Waals surface area (Å²) in [5.41, 5.74) is 0. The Balaban J connectivity index is 2.38. The maximum absolute atomic E-state index is 8.69. The second-order valence-electron chi connectivity index (χ2n) is 3.42. The zero-order valence-electron chi connectivity index (χ0n) is 10.0. The van der Waals surface area contributed by atoms with E-state index in [2.05, 4.69) is 16.0 Å². The second kappa shape index (κ2) is 9.55. The maximum Gasteiger partial charge on any atom is 0.169 e. The molecule has 9 heteroatoms. The van der Waals surface area contributed by atoms with Gasteiger partial charge in [0.15, 0.2) is 19.1 Å². The van der Waals surface area contributed by atoms with Gasteiger partial charge in [0.2, 0.25) is 0 Å². The Morgan fingerprint density at radius 2 is 0.889 bits per heavy atom. The molecule has 0 bridgehead atoms. The van der Waals surface area contributed by atoms with E-state index in [-0.39, 0.29) is 39.6 Å². The van der Waals surface area contributed by atoms with Crippen molar-refractivity contribution in [1.29, 1.82) is 0 Å². The molecule has 1 rings (SSSR count).